The van der Waals surface area contributed by atoms with E-state index in [4.69, 9.17) is 9.84 Å². The fraction of sp³-hybridized carbons (Fsp3) is 0.467. The number of nitrogens with zero attached hydrogens (tertiary/aromatic N) is 1. The zero-order chi connectivity index (χ0) is 15.0. The molecule has 0 aromatic heterocycles. The van der Waals surface area contributed by atoms with E-state index in [-0.39, 0.29) is 12.2 Å². The van der Waals surface area contributed by atoms with Crippen LogP contribution in [0.3, 0.4) is 0 Å². The van der Waals surface area contributed by atoms with Gasteiger partial charge in [0.25, 0.3) is 0 Å². The number of benzene rings is 1. The molecule has 1 aromatic rings. The van der Waals surface area contributed by atoms with Gasteiger partial charge in [-0.2, -0.15) is 0 Å². The predicted molar refractivity (Wildman–Crippen MR) is 76.3 cm³/mol. The van der Waals surface area contributed by atoms with E-state index in [1.165, 1.54) is 6.92 Å². The molecular weight excluding hydrogens is 258 g/mol. The number of carboxylic acids is 1. The van der Waals surface area contributed by atoms with Crippen molar-refractivity contribution in [3.05, 3.63) is 29.8 Å². The Morgan fingerprint density at radius 1 is 1.25 bits per heavy atom. The van der Waals surface area contributed by atoms with Gasteiger partial charge in [-0.15, -0.1) is 0 Å². The predicted octanol–water partition coefficient (Wildman–Crippen LogP) is 2.06. The summed E-state index contributed by atoms with van der Waals surface area (Å²) in [7, 11) is 1.92. The summed E-state index contributed by atoms with van der Waals surface area (Å²) in [5.74, 6) is -0.195. The first-order chi connectivity index (χ1) is 9.50. The lowest BCUT2D eigenvalue weighted by atomic mass is 10.1. The SMILES string of the molecule is CC(=O)c1ccccc1OCCN(C)CCCC(=O)O. The maximum atomic E-state index is 11.4. The van der Waals surface area contributed by atoms with E-state index in [0.717, 1.165) is 0 Å². The van der Waals surface area contributed by atoms with Crippen LogP contribution in [-0.2, 0) is 4.79 Å². The summed E-state index contributed by atoms with van der Waals surface area (Å²) in [4.78, 5) is 23.8. The maximum absolute atomic E-state index is 11.4. The third-order valence-corrected chi connectivity index (χ3v) is 2.93. The summed E-state index contributed by atoms with van der Waals surface area (Å²) >= 11 is 0. The van der Waals surface area contributed by atoms with Crippen LogP contribution in [0.1, 0.15) is 30.1 Å². The van der Waals surface area contributed by atoms with Gasteiger partial charge < -0.3 is 14.7 Å². The van der Waals surface area contributed by atoms with E-state index in [9.17, 15) is 9.59 Å². The lowest BCUT2D eigenvalue weighted by Crippen LogP contribution is -2.26. The summed E-state index contributed by atoms with van der Waals surface area (Å²) in [5, 5.41) is 8.56. The topological polar surface area (TPSA) is 66.8 Å². The molecule has 0 saturated heterocycles. The minimum absolute atomic E-state index is 0.0181. The van der Waals surface area contributed by atoms with Crippen LogP contribution in [0.4, 0.5) is 0 Å². The maximum Gasteiger partial charge on any atom is 0.303 e. The summed E-state index contributed by atoms with van der Waals surface area (Å²) in [6.07, 6.45) is 0.800. The van der Waals surface area contributed by atoms with Crippen molar-refractivity contribution in [3.63, 3.8) is 0 Å². The Bertz CT molecular complexity index is 459. The van der Waals surface area contributed by atoms with E-state index in [2.05, 4.69) is 0 Å². The second kappa shape index (κ2) is 8.32. The van der Waals surface area contributed by atoms with Gasteiger partial charge in [0, 0.05) is 13.0 Å². The van der Waals surface area contributed by atoms with E-state index >= 15 is 0 Å². The number of carboxylic acid groups (broad SMARTS) is 1. The Balaban J connectivity index is 2.33. The van der Waals surface area contributed by atoms with E-state index < -0.39 is 5.97 Å². The van der Waals surface area contributed by atoms with Gasteiger partial charge >= 0.3 is 5.97 Å². The number of hydrogen-bond acceptors (Lipinski definition) is 4. The molecule has 0 fully saturated rings. The highest BCUT2D eigenvalue weighted by Gasteiger charge is 2.07. The summed E-state index contributed by atoms with van der Waals surface area (Å²) in [6, 6.07) is 7.16. The van der Waals surface area contributed by atoms with Gasteiger partial charge in [-0.25, -0.2) is 0 Å². The Labute approximate surface area is 119 Å². The summed E-state index contributed by atoms with van der Waals surface area (Å²) < 4.78 is 5.62. The van der Waals surface area contributed by atoms with Crippen LogP contribution in [0.15, 0.2) is 24.3 Å². The van der Waals surface area contributed by atoms with Crippen molar-refractivity contribution in [2.24, 2.45) is 0 Å². The molecule has 0 heterocycles. The third kappa shape index (κ3) is 5.84. The number of hydrogen-bond donors (Lipinski definition) is 1. The van der Waals surface area contributed by atoms with Gasteiger partial charge in [0.1, 0.15) is 12.4 Å². The van der Waals surface area contributed by atoms with Crippen LogP contribution in [0.25, 0.3) is 0 Å². The lowest BCUT2D eigenvalue weighted by Gasteiger charge is -2.17. The fourth-order valence-corrected chi connectivity index (χ4v) is 1.81. The third-order valence-electron chi connectivity index (χ3n) is 2.93. The van der Waals surface area contributed by atoms with Gasteiger partial charge in [-0.05, 0) is 39.1 Å². The molecule has 0 amide bonds. The largest absolute Gasteiger partial charge is 0.491 e. The van der Waals surface area contributed by atoms with E-state index in [1.807, 2.05) is 24.1 Å². The molecule has 0 aliphatic rings. The summed E-state index contributed by atoms with van der Waals surface area (Å²) in [5.41, 5.74) is 0.584. The van der Waals surface area contributed by atoms with Gasteiger partial charge in [-0.3, -0.25) is 9.59 Å². The first-order valence-electron chi connectivity index (χ1n) is 6.64. The van der Waals surface area contributed by atoms with Crippen LogP contribution in [0, 0.1) is 0 Å². The first kappa shape index (κ1) is 16.2. The van der Waals surface area contributed by atoms with Crippen molar-refractivity contribution in [1.29, 1.82) is 0 Å². The fourth-order valence-electron chi connectivity index (χ4n) is 1.81. The standard InChI is InChI=1S/C15H21NO4/c1-12(17)13-6-3-4-7-14(13)20-11-10-16(2)9-5-8-15(18)19/h3-4,6-7H,5,8-11H2,1-2H3,(H,18,19). The smallest absolute Gasteiger partial charge is 0.303 e. The molecule has 0 radical (unpaired) electrons. The van der Waals surface area contributed by atoms with Crippen LogP contribution >= 0.6 is 0 Å². The number of carbonyl (C=O) groups is 2. The number of ketones is 1. The molecule has 20 heavy (non-hydrogen) atoms. The number of rotatable bonds is 9. The monoisotopic (exact) mass is 279 g/mol. The van der Waals surface area contributed by atoms with Crippen LogP contribution in [-0.4, -0.2) is 48.5 Å². The molecule has 1 aromatic carbocycles. The molecule has 0 spiro atoms. The number of aliphatic carboxylic acids is 1. The Morgan fingerprint density at radius 3 is 2.60 bits per heavy atom. The van der Waals surface area contributed by atoms with Crippen LogP contribution in [0.2, 0.25) is 0 Å². The molecule has 0 unspecified atom stereocenters. The van der Waals surface area contributed by atoms with Crippen molar-refractivity contribution in [1.82, 2.24) is 4.90 Å². The number of ether oxygens (including phenoxy) is 1. The first-order valence-corrected chi connectivity index (χ1v) is 6.64. The van der Waals surface area contributed by atoms with Gasteiger partial charge in [0.15, 0.2) is 5.78 Å². The van der Waals surface area contributed by atoms with Crippen molar-refractivity contribution in [2.75, 3.05) is 26.7 Å². The molecule has 5 nitrogen and oxygen atoms in total. The Kier molecular flexibility index (Phi) is 6.73. The number of carbonyl (C=O) groups excluding carboxylic acids is 1. The average molecular weight is 279 g/mol. The molecule has 1 rings (SSSR count). The van der Waals surface area contributed by atoms with Gasteiger partial charge in [0.05, 0.1) is 5.56 Å². The highest BCUT2D eigenvalue weighted by Crippen LogP contribution is 2.18. The van der Waals surface area contributed by atoms with Crippen molar-refractivity contribution in [3.8, 4) is 5.75 Å². The Morgan fingerprint density at radius 2 is 1.95 bits per heavy atom. The molecule has 0 atom stereocenters. The second-order valence-electron chi connectivity index (χ2n) is 4.70. The van der Waals surface area contributed by atoms with Gasteiger partial charge in [-0.1, -0.05) is 12.1 Å². The molecular formula is C15H21NO4. The normalized spacial score (nSPS) is 10.6. The molecule has 5 heteroatoms. The van der Waals surface area contributed by atoms with Crippen LogP contribution in [0.5, 0.6) is 5.75 Å². The zero-order valence-corrected chi connectivity index (χ0v) is 12.0. The highest BCUT2D eigenvalue weighted by molar-refractivity contribution is 5.96. The minimum atomic E-state index is -0.773. The van der Waals surface area contributed by atoms with Crippen molar-refractivity contribution in [2.45, 2.75) is 19.8 Å². The molecule has 0 saturated carbocycles. The molecule has 0 bridgehead atoms. The molecule has 110 valence electrons. The average Bonchev–Trinajstić information content (AvgIpc) is 2.38. The molecule has 1 N–H and O–H groups in total. The lowest BCUT2D eigenvalue weighted by molar-refractivity contribution is -0.137. The zero-order valence-electron chi connectivity index (χ0n) is 12.0. The molecule has 0 aliphatic carbocycles. The number of Topliss-reactive ketones (excluding diaryl/α,β-unsaturated/α-hetero) is 1. The second-order valence-corrected chi connectivity index (χ2v) is 4.70. The van der Waals surface area contributed by atoms with Crippen LogP contribution < -0.4 is 4.74 Å². The summed E-state index contributed by atoms with van der Waals surface area (Å²) in [6.45, 7) is 3.38. The van der Waals surface area contributed by atoms with Gasteiger partial charge in [0.2, 0.25) is 0 Å². The molecule has 0 aliphatic heterocycles. The number of likely N-dealkylation sites (N-methyl/N-ethyl adjacent to an activating group) is 1. The minimum Gasteiger partial charge on any atom is -0.491 e. The highest BCUT2D eigenvalue weighted by atomic mass is 16.5. The Hall–Kier alpha value is -1.88. The van der Waals surface area contributed by atoms with Crippen molar-refractivity contribution >= 4 is 11.8 Å². The number of para-hydroxylation sites is 1. The van der Waals surface area contributed by atoms with E-state index in [1.54, 1.807) is 12.1 Å². The van der Waals surface area contributed by atoms with E-state index in [0.29, 0.717) is 37.4 Å². The van der Waals surface area contributed by atoms with Crippen molar-refractivity contribution < 1.29 is 19.4 Å². The quantitative estimate of drug-likeness (QED) is 0.701.